The second-order valence-corrected chi connectivity index (χ2v) is 9.90. The number of hydrogen-bond acceptors (Lipinski definition) is 8. The van der Waals surface area contributed by atoms with Gasteiger partial charge in [0.1, 0.15) is 10.7 Å². The van der Waals surface area contributed by atoms with Crippen molar-refractivity contribution in [3.63, 3.8) is 0 Å². The molecule has 11 heteroatoms. The Balaban J connectivity index is 1.42. The first kappa shape index (κ1) is 22.3. The molecule has 2 aliphatic rings. The standard InChI is InChI=1S/C23H25N5O5S/c1-2-11-27(15-21-24-25-22(33-21)18-7-6-13-32-18)23(29)16-9-10-17-19(14-16)34(30,31)26-20-8-4-3-5-12-28(17)20/h6-7,9-10,13-14H,2-5,8,11-12,15H2,1H3. The molecular formula is C23H25N5O5S. The zero-order valence-corrected chi connectivity index (χ0v) is 19.6. The fourth-order valence-corrected chi connectivity index (χ4v) is 5.58. The number of furan rings is 1. The Labute approximate surface area is 197 Å². The van der Waals surface area contributed by atoms with E-state index in [0.29, 0.717) is 43.2 Å². The van der Waals surface area contributed by atoms with E-state index < -0.39 is 10.0 Å². The van der Waals surface area contributed by atoms with Crippen LogP contribution in [0.3, 0.4) is 0 Å². The molecule has 0 unspecified atom stereocenters. The lowest BCUT2D eigenvalue weighted by Crippen LogP contribution is -2.36. The van der Waals surface area contributed by atoms with Crippen LogP contribution in [0.2, 0.25) is 0 Å². The van der Waals surface area contributed by atoms with Crippen molar-refractivity contribution < 1.29 is 22.0 Å². The fourth-order valence-electron chi connectivity index (χ4n) is 4.30. The number of aromatic nitrogens is 2. The number of amides is 1. The average Bonchev–Trinajstić information content (AvgIpc) is 3.47. The van der Waals surface area contributed by atoms with Gasteiger partial charge in [-0.05, 0) is 49.6 Å². The molecule has 2 aliphatic heterocycles. The highest BCUT2D eigenvalue weighted by Crippen LogP contribution is 2.35. The number of sulfonamides is 1. The summed E-state index contributed by atoms with van der Waals surface area (Å²) in [6.45, 7) is 3.20. The number of anilines is 1. The van der Waals surface area contributed by atoms with Gasteiger partial charge in [-0.2, -0.15) is 8.42 Å². The van der Waals surface area contributed by atoms with Crippen molar-refractivity contribution in [1.82, 2.24) is 15.1 Å². The maximum absolute atomic E-state index is 13.4. The average molecular weight is 484 g/mol. The van der Waals surface area contributed by atoms with Crippen LogP contribution in [0.4, 0.5) is 5.69 Å². The van der Waals surface area contributed by atoms with Gasteiger partial charge in [-0.25, -0.2) is 0 Å². The second-order valence-electron chi connectivity index (χ2n) is 8.33. The molecule has 0 aliphatic carbocycles. The topological polar surface area (TPSA) is 122 Å². The normalized spacial score (nSPS) is 16.9. The summed E-state index contributed by atoms with van der Waals surface area (Å²) >= 11 is 0. The van der Waals surface area contributed by atoms with Crippen molar-refractivity contribution in [3.8, 4) is 11.7 Å². The Morgan fingerprint density at radius 2 is 2.06 bits per heavy atom. The number of fused-ring (bicyclic) bond motifs is 3. The first-order valence-corrected chi connectivity index (χ1v) is 12.8. The molecule has 5 rings (SSSR count). The smallest absolute Gasteiger partial charge is 0.286 e. The van der Waals surface area contributed by atoms with E-state index in [9.17, 15) is 13.2 Å². The third-order valence-electron chi connectivity index (χ3n) is 5.90. The molecule has 1 amide bonds. The first-order chi connectivity index (χ1) is 16.5. The number of amidine groups is 1. The Morgan fingerprint density at radius 1 is 1.18 bits per heavy atom. The van der Waals surface area contributed by atoms with E-state index in [1.54, 1.807) is 29.2 Å². The van der Waals surface area contributed by atoms with Crippen LogP contribution < -0.4 is 4.90 Å². The summed E-state index contributed by atoms with van der Waals surface area (Å²) in [5.41, 5.74) is 0.862. The highest BCUT2D eigenvalue weighted by atomic mass is 32.2. The maximum atomic E-state index is 13.4. The quantitative estimate of drug-likeness (QED) is 0.518. The number of carbonyl (C=O) groups excluding carboxylic acids is 1. The molecule has 0 N–H and O–H groups in total. The van der Waals surface area contributed by atoms with Gasteiger partial charge in [0.25, 0.3) is 21.8 Å². The van der Waals surface area contributed by atoms with Crippen molar-refractivity contribution in [3.05, 3.63) is 48.0 Å². The van der Waals surface area contributed by atoms with Crippen LogP contribution in [0.25, 0.3) is 11.7 Å². The second kappa shape index (κ2) is 9.05. The highest BCUT2D eigenvalue weighted by Gasteiger charge is 2.32. The minimum atomic E-state index is -3.88. The van der Waals surface area contributed by atoms with Gasteiger partial charge >= 0.3 is 0 Å². The van der Waals surface area contributed by atoms with Crippen LogP contribution in [-0.2, 0) is 16.6 Å². The molecule has 178 valence electrons. The predicted octanol–water partition coefficient (Wildman–Crippen LogP) is 3.86. The van der Waals surface area contributed by atoms with Gasteiger partial charge in [-0.3, -0.25) is 4.79 Å². The number of hydrogen-bond donors (Lipinski definition) is 0. The molecule has 34 heavy (non-hydrogen) atoms. The Morgan fingerprint density at radius 3 is 2.85 bits per heavy atom. The van der Waals surface area contributed by atoms with Crippen molar-refractivity contribution in [2.45, 2.75) is 50.5 Å². The Hall–Kier alpha value is -3.47. The molecule has 1 saturated heterocycles. The molecule has 0 bridgehead atoms. The molecular weight excluding hydrogens is 458 g/mol. The number of nitrogens with zero attached hydrogens (tertiary/aromatic N) is 5. The molecule has 1 fully saturated rings. The summed E-state index contributed by atoms with van der Waals surface area (Å²) in [5, 5.41) is 8.01. The molecule has 1 aromatic carbocycles. The lowest BCUT2D eigenvalue weighted by molar-refractivity contribution is 0.0728. The van der Waals surface area contributed by atoms with Gasteiger partial charge in [-0.15, -0.1) is 14.6 Å². The zero-order valence-electron chi connectivity index (χ0n) is 18.8. The zero-order chi connectivity index (χ0) is 23.7. The molecule has 2 aromatic heterocycles. The third-order valence-corrected chi connectivity index (χ3v) is 7.23. The number of carbonyl (C=O) groups is 1. The van der Waals surface area contributed by atoms with Gasteiger partial charge in [0.15, 0.2) is 5.76 Å². The molecule has 4 heterocycles. The summed E-state index contributed by atoms with van der Waals surface area (Å²) in [6, 6.07) is 8.25. The summed E-state index contributed by atoms with van der Waals surface area (Å²) in [7, 11) is -3.88. The van der Waals surface area contributed by atoms with Gasteiger partial charge in [0, 0.05) is 25.1 Å². The van der Waals surface area contributed by atoms with Crippen molar-refractivity contribution in [2.24, 2.45) is 4.40 Å². The van der Waals surface area contributed by atoms with Crippen molar-refractivity contribution >= 4 is 27.5 Å². The van der Waals surface area contributed by atoms with E-state index in [0.717, 1.165) is 19.3 Å². The van der Waals surface area contributed by atoms with E-state index in [1.165, 1.54) is 12.3 Å². The van der Waals surface area contributed by atoms with Crippen LogP contribution in [0, 0.1) is 0 Å². The summed E-state index contributed by atoms with van der Waals surface area (Å²) in [6.07, 6.45) is 5.76. The molecule has 0 spiro atoms. The largest absolute Gasteiger partial charge is 0.459 e. The number of rotatable bonds is 6. The Kier molecular flexibility index (Phi) is 5.94. The van der Waals surface area contributed by atoms with Crippen LogP contribution >= 0.6 is 0 Å². The van der Waals surface area contributed by atoms with Gasteiger partial charge in [0.2, 0.25) is 5.89 Å². The lowest BCUT2D eigenvalue weighted by Gasteiger charge is -2.30. The van der Waals surface area contributed by atoms with E-state index >= 15 is 0 Å². The fraction of sp³-hybridized carbons (Fsp3) is 0.391. The number of benzene rings is 1. The van der Waals surface area contributed by atoms with E-state index in [1.807, 2.05) is 11.8 Å². The minimum absolute atomic E-state index is 0.0679. The monoisotopic (exact) mass is 483 g/mol. The predicted molar refractivity (Wildman–Crippen MR) is 124 cm³/mol. The van der Waals surface area contributed by atoms with Crippen molar-refractivity contribution in [2.75, 3.05) is 18.0 Å². The van der Waals surface area contributed by atoms with Crippen molar-refractivity contribution in [1.29, 1.82) is 0 Å². The van der Waals surface area contributed by atoms with E-state index in [-0.39, 0.29) is 34.7 Å². The van der Waals surface area contributed by atoms with E-state index in [2.05, 4.69) is 14.6 Å². The van der Waals surface area contributed by atoms with Crippen LogP contribution in [0.1, 0.15) is 55.3 Å². The summed E-state index contributed by atoms with van der Waals surface area (Å²) in [5.74, 6) is 1.21. The first-order valence-electron chi connectivity index (χ1n) is 11.4. The maximum Gasteiger partial charge on any atom is 0.286 e. The minimum Gasteiger partial charge on any atom is -0.459 e. The van der Waals surface area contributed by atoms with Crippen LogP contribution in [0.5, 0.6) is 0 Å². The molecule has 0 atom stereocenters. The third kappa shape index (κ3) is 4.23. The lowest BCUT2D eigenvalue weighted by atomic mass is 10.1. The SMILES string of the molecule is CCCN(Cc1nnc(-c2ccco2)o1)C(=O)c1ccc2c(c1)S(=O)(=O)N=C1CCCCCN12. The molecule has 10 nitrogen and oxygen atoms in total. The summed E-state index contributed by atoms with van der Waals surface area (Å²) in [4.78, 5) is 17.0. The molecule has 0 saturated carbocycles. The molecule has 0 radical (unpaired) electrons. The van der Waals surface area contributed by atoms with Crippen LogP contribution in [-0.4, -0.2) is 48.3 Å². The van der Waals surface area contributed by atoms with Gasteiger partial charge < -0.3 is 18.6 Å². The van der Waals surface area contributed by atoms with Crippen LogP contribution in [0.15, 0.2) is 54.7 Å². The van der Waals surface area contributed by atoms with E-state index in [4.69, 9.17) is 8.83 Å². The highest BCUT2D eigenvalue weighted by molar-refractivity contribution is 7.90. The van der Waals surface area contributed by atoms with Gasteiger partial charge in [0.05, 0.1) is 18.5 Å². The molecule has 3 aromatic rings. The Bertz CT molecular complexity index is 1330. The van der Waals surface area contributed by atoms with Gasteiger partial charge in [-0.1, -0.05) is 13.3 Å². The summed E-state index contributed by atoms with van der Waals surface area (Å²) < 4.78 is 40.9.